The summed E-state index contributed by atoms with van der Waals surface area (Å²) < 4.78 is 31.9. The summed E-state index contributed by atoms with van der Waals surface area (Å²) in [4.78, 5) is 24.0. The van der Waals surface area contributed by atoms with E-state index in [-0.39, 0.29) is 13.2 Å². The molecule has 1 atom stereocenters. The van der Waals surface area contributed by atoms with Crippen LogP contribution in [0.4, 0.5) is 4.79 Å². The molecular weight excluding hydrogens is 337 g/mol. The number of ether oxygens (including phenoxy) is 2. The Hall–Kier alpha value is -1.89. The predicted octanol–water partition coefficient (Wildman–Crippen LogP) is 2.68. The van der Waals surface area contributed by atoms with Crippen LogP contribution in [0.3, 0.4) is 0 Å². The van der Waals surface area contributed by atoms with Gasteiger partial charge in [-0.1, -0.05) is 37.3 Å². The third kappa shape index (κ3) is 5.96. The second-order valence-corrected chi connectivity index (χ2v) is 7.01. The van der Waals surface area contributed by atoms with Crippen molar-refractivity contribution in [1.82, 2.24) is 5.32 Å². The van der Waals surface area contributed by atoms with Gasteiger partial charge in [0.05, 0.1) is 6.61 Å². The van der Waals surface area contributed by atoms with Gasteiger partial charge in [0, 0.05) is 14.2 Å². The Kier molecular flexibility index (Phi) is 8.46. The first kappa shape index (κ1) is 20.2. The highest BCUT2D eigenvalue weighted by molar-refractivity contribution is 7.55. The minimum Gasteiger partial charge on any atom is -0.464 e. The molecule has 8 nitrogen and oxygen atoms in total. The molecule has 0 aromatic heterocycles. The summed E-state index contributed by atoms with van der Waals surface area (Å²) in [6.07, 6.45) is -0.368. The second-order valence-electron chi connectivity index (χ2n) is 4.68. The van der Waals surface area contributed by atoms with E-state index in [1.165, 1.54) is 0 Å². The number of alkyl carbamates (subject to hydrolysis) is 1. The fourth-order valence-corrected chi connectivity index (χ4v) is 2.88. The summed E-state index contributed by atoms with van der Waals surface area (Å²) in [6.45, 7) is 1.91. The molecule has 0 fully saturated rings. The maximum Gasteiger partial charge on any atom is 0.408 e. The summed E-state index contributed by atoms with van der Waals surface area (Å²) >= 11 is 0. The SMILES string of the molecule is CCCOC(=O)C(NC(=O)OCc1ccccc1)P(=O)(OC)OC. The first-order valence-corrected chi connectivity index (χ1v) is 8.93. The van der Waals surface area contributed by atoms with Crippen molar-refractivity contribution in [3.63, 3.8) is 0 Å². The molecule has 1 rings (SSSR count). The molecule has 1 N–H and O–H groups in total. The lowest BCUT2D eigenvalue weighted by molar-refractivity contribution is -0.144. The zero-order chi connectivity index (χ0) is 18.0. The van der Waals surface area contributed by atoms with E-state index < -0.39 is 25.4 Å². The number of hydrogen-bond donors (Lipinski definition) is 1. The van der Waals surface area contributed by atoms with E-state index in [9.17, 15) is 14.2 Å². The van der Waals surface area contributed by atoms with Crippen LogP contribution >= 0.6 is 7.60 Å². The van der Waals surface area contributed by atoms with Gasteiger partial charge in [-0.05, 0) is 12.0 Å². The van der Waals surface area contributed by atoms with E-state index in [1.54, 1.807) is 31.2 Å². The zero-order valence-electron chi connectivity index (χ0n) is 13.9. The molecular formula is C15H22NO7P. The Labute approximate surface area is 141 Å². The van der Waals surface area contributed by atoms with E-state index in [4.69, 9.17) is 18.5 Å². The highest BCUT2D eigenvalue weighted by atomic mass is 31.2. The van der Waals surface area contributed by atoms with Crippen molar-refractivity contribution in [3.8, 4) is 0 Å². The number of hydrogen-bond acceptors (Lipinski definition) is 7. The van der Waals surface area contributed by atoms with Gasteiger partial charge in [0.15, 0.2) is 0 Å². The molecule has 0 aliphatic heterocycles. The monoisotopic (exact) mass is 359 g/mol. The molecule has 1 amide bonds. The van der Waals surface area contributed by atoms with Crippen molar-refractivity contribution < 1.29 is 32.7 Å². The summed E-state index contributed by atoms with van der Waals surface area (Å²) in [6, 6.07) is 8.97. The summed E-state index contributed by atoms with van der Waals surface area (Å²) in [7, 11) is -1.70. The van der Waals surface area contributed by atoms with Crippen molar-refractivity contribution in [2.75, 3.05) is 20.8 Å². The Morgan fingerprint density at radius 3 is 2.29 bits per heavy atom. The van der Waals surface area contributed by atoms with Crippen molar-refractivity contribution in [2.24, 2.45) is 0 Å². The van der Waals surface area contributed by atoms with Gasteiger partial charge < -0.3 is 18.5 Å². The molecule has 0 spiro atoms. The average Bonchev–Trinajstić information content (AvgIpc) is 2.62. The van der Waals surface area contributed by atoms with Gasteiger partial charge in [0.1, 0.15) is 6.61 Å². The maximum atomic E-state index is 12.4. The maximum absolute atomic E-state index is 12.4. The minimum absolute atomic E-state index is 0.00628. The third-order valence-corrected chi connectivity index (χ3v) is 4.95. The number of carbonyl (C=O) groups is 2. The quantitative estimate of drug-likeness (QED) is 0.534. The Balaban J connectivity index is 2.74. The smallest absolute Gasteiger partial charge is 0.408 e. The van der Waals surface area contributed by atoms with Gasteiger partial charge in [0.25, 0.3) is 0 Å². The zero-order valence-corrected chi connectivity index (χ0v) is 14.8. The molecule has 1 aromatic carbocycles. The van der Waals surface area contributed by atoms with Crippen molar-refractivity contribution in [2.45, 2.75) is 25.7 Å². The molecule has 24 heavy (non-hydrogen) atoms. The Morgan fingerprint density at radius 1 is 1.12 bits per heavy atom. The van der Waals surface area contributed by atoms with E-state index in [2.05, 4.69) is 5.32 Å². The van der Waals surface area contributed by atoms with Gasteiger partial charge >= 0.3 is 19.7 Å². The second kappa shape index (κ2) is 10.1. The number of carbonyl (C=O) groups excluding carboxylic acids is 2. The number of esters is 1. The highest BCUT2D eigenvalue weighted by Crippen LogP contribution is 2.50. The van der Waals surface area contributed by atoms with E-state index in [1.807, 2.05) is 6.07 Å². The first-order chi connectivity index (χ1) is 11.5. The molecule has 0 radical (unpaired) electrons. The molecule has 1 unspecified atom stereocenters. The fraction of sp³-hybridized carbons (Fsp3) is 0.467. The number of rotatable bonds is 9. The summed E-state index contributed by atoms with van der Waals surface area (Å²) in [5.74, 6) is -2.53. The lowest BCUT2D eigenvalue weighted by Gasteiger charge is -2.23. The average molecular weight is 359 g/mol. The Bertz CT molecular complexity index is 570. The molecule has 0 saturated carbocycles. The number of nitrogens with one attached hydrogen (secondary N) is 1. The molecule has 0 aliphatic carbocycles. The van der Waals surface area contributed by atoms with Crippen LogP contribution in [-0.2, 0) is 34.5 Å². The predicted molar refractivity (Wildman–Crippen MR) is 86.4 cm³/mol. The van der Waals surface area contributed by atoms with Gasteiger partial charge in [-0.25, -0.2) is 9.59 Å². The molecule has 0 aliphatic rings. The van der Waals surface area contributed by atoms with Crippen LogP contribution in [0.1, 0.15) is 18.9 Å². The lowest BCUT2D eigenvalue weighted by atomic mass is 10.2. The van der Waals surface area contributed by atoms with Gasteiger partial charge in [-0.3, -0.25) is 9.88 Å². The Morgan fingerprint density at radius 2 is 1.75 bits per heavy atom. The van der Waals surface area contributed by atoms with E-state index >= 15 is 0 Å². The molecule has 0 heterocycles. The lowest BCUT2D eigenvalue weighted by Crippen LogP contribution is -2.42. The number of benzene rings is 1. The highest BCUT2D eigenvalue weighted by Gasteiger charge is 2.43. The molecule has 1 aromatic rings. The van der Waals surface area contributed by atoms with E-state index in [0.717, 1.165) is 19.8 Å². The third-order valence-electron chi connectivity index (χ3n) is 2.96. The van der Waals surface area contributed by atoms with Crippen LogP contribution < -0.4 is 5.32 Å². The van der Waals surface area contributed by atoms with Crippen LogP contribution in [0.2, 0.25) is 0 Å². The summed E-state index contributed by atoms with van der Waals surface area (Å²) in [5, 5.41) is 2.19. The largest absolute Gasteiger partial charge is 0.464 e. The van der Waals surface area contributed by atoms with Crippen LogP contribution in [0, 0.1) is 0 Å². The van der Waals surface area contributed by atoms with Crippen LogP contribution in [0.5, 0.6) is 0 Å². The molecule has 0 saturated heterocycles. The normalized spacial score (nSPS) is 12.3. The molecule has 134 valence electrons. The standard InChI is InChI=1S/C15H22NO7P/c1-4-10-22-14(17)13(24(19,20-2)21-3)16-15(18)23-11-12-8-6-5-7-9-12/h5-9,13H,4,10-11H2,1-3H3,(H,16,18). The van der Waals surface area contributed by atoms with Gasteiger partial charge in [-0.2, -0.15) is 0 Å². The van der Waals surface area contributed by atoms with Gasteiger partial charge in [0.2, 0.25) is 5.78 Å². The summed E-state index contributed by atoms with van der Waals surface area (Å²) in [5.41, 5.74) is 0.763. The van der Waals surface area contributed by atoms with Crippen LogP contribution in [0.15, 0.2) is 30.3 Å². The fourth-order valence-electron chi connectivity index (χ4n) is 1.71. The van der Waals surface area contributed by atoms with Crippen molar-refractivity contribution in [1.29, 1.82) is 0 Å². The minimum atomic E-state index is -3.92. The van der Waals surface area contributed by atoms with E-state index in [0.29, 0.717) is 6.42 Å². The molecule has 0 bridgehead atoms. The molecule has 9 heteroatoms. The topological polar surface area (TPSA) is 100 Å². The van der Waals surface area contributed by atoms with Crippen molar-refractivity contribution in [3.05, 3.63) is 35.9 Å². The van der Waals surface area contributed by atoms with Gasteiger partial charge in [-0.15, -0.1) is 0 Å². The van der Waals surface area contributed by atoms with Crippen LogP contribution in [-0.4, -0.2) is 38.7 Å². The first-order valence-electron chi connectivity index (χ1n) is 7.31. The van der Waals surface area contributed by atoms with Crippen molar-refractivity contribution >= 4 is 19.7 Å². The van der Waals surface area contributed by atoms with Crippen LogP contribution in [0.25, 0.3) is 0 Å². The number of amides is 1.